The number of nitro groups is 1. The topological polar surface area (TPSA) is 72.7 Å². The van der Waals surface area contributed by atoms with E-state index in [0.29, 0.717) is 23.5 Å². The number of thioether (sulfide) groups is 1. The van der Waals surface area contributed by atoms with Crippen LogP contribution in [0.4, 0.5) is 5.69 Å². The van der Waals surface area contributed by atoms with Crippen molar-refractivity contribution in [2.24, 2.45) is 0 Å². The molecular weight excluding hydrogens is 376 g/mol. The highest BCUT2D eigenvalue weighted by molar-refractivity contribution is 7.98. The highest BCUT2D eigenvalue weighted by Gasteiger charge is 2.26. The van der Waals surface area contributed by atoms with Crippen LogP contribution in [0.1, 0.15) is 34.3 Å². The number of carbonyl (C=O) groups excluding carboxylic acids is 1. The van der Waals surface area contributed by atoms with Crippen LogP contribution >= 0.6 is 11.8 Å². The van der Waals surface area contributed by atoms with Gasteiger partial charge >= 0.3 is 0 Å². The number of nitrogens with zero attached hydrogens (tertiary/aromatic N) is 2. The van der Waals surface area contributed by atoms with E-state index in [-0.39, 0.29) is 17.7 Å². The number of benzene rings is 2. The van der Waals surface area contributed by atoms with Gasteiger partial charge in [-0.3, -0.25) is 14.9 Å². The van der Waals surface area contributed by atoms with Gasteiger partial charge in [-0.1, -0.05) is 6.07 Å². The molecule has 6 nitrogen and oxygen atoms in total. The van der Waals surface area contributed by atoms with Crippen LogP contribution in [0.5, 0.6) is 5.75 Å². The third-order valence-corrected chi connectivity index (χ3v) is 5.92. The molecule has 7 heteroatoms. The summed E-state index contributed by atoms with van der Waals surface area (Å²) in [6.07, 6.45) is 3.33. The van der Waals surface area contributed by atoms with E-state index >= 15 is 0 Å². The van der Waals surface area contributed by atoms with E-state index in [4.69, 9.17) is 4.74 Å². The van der Waals surface area contributed by atoms with Gasteiger partial charge in [-0.25, -0.2) is 0 Å². The second kappa shape index (κ2) is 8.65. The summed E-state index contributed by atoms with van der Waals surface area (Å²) in [6.45, 7) is 5.28. The fourth-order valence-electron chi connectivity index (χ4n) is 3.30. The number of rotatable bonds is 5. The summed E-state index contributed by atoms with van der Waals surface area (Å²) in [6, 6.07) is 10.8. The molecule has 2 aromatic rings. The molecular formula is C21H24N2O4S. The lowest BCUT2D eigenvalue weighted by Gasteiger charge is -2.32. The van der Waals surface area contributed by atoms with Gasteiger partial charge in [0.2, 0.25) is 0 Å². The number of hydrogen-bond acceptors (Lipinski definition) is 5. The minimum Gasteiger partial charge on any atom is -0.490 e. The molecule has 1 amide bonds. The Hall–Kier alpha value is -2.54. The second-order valence-corrected chi connectivity index (χ2v) is 7.85. The van der Waals surface area contributed by atoms with Gasteiger partial charge in [-0.2, -0.15) is 0 Å². The van der Waals surface area contributed by atoms with Crippen LogP contribution in [0.2, 0.25) is 0 Å². The highest BCUT2D eigenvalue weighted by atomic mass is 32.2. The molecule has 148 valence electrons. The average Bonchev–Trinajstić information content (AvgIpc) is 2.70. The van der Waals surface area contributed by atoms with E-state index in [2.05, 4.69) is 19.9 Å². The monoisotopic (exact) mass is 400 g/mol. The Balaban J connectivity index is 1.63. The number of aryl methyl sites for hydroxylation is 2. The van der Waals surface area contributed by atoms with Crippen molar-refractivity contribution < 1.29 is 14.5 Å². The smallest absolute Gasteiger partial charge is 0.283 e. The van der Waals surface area contributed by atoms with Gasteiger partial charge in [-0.15, -0.1) is 11.8 Å². The lowest BCUT2D eigenvalue weighted by molar-refractivity contribution is -0.387. The fraction of sp³-hybridized carbons (Fsp3) is 0.381. The van der Waals surface area contributed by atoms with E-state index in [1.54, 1.807) is 23.3 Å². The molecule has 0 radical (unpaired) electrons. The van der Waals surface area contributed by atoms with Crippen LogP contribution < -0.4 is 4.74 Å². The maximum Gasteiger partial charge on any atom is 0.283 e. The summed E-state index contributed by atoms with van der Waals surface area (Å²) < 4.78 is 6.08. The number of carbonyl (C=O) groups is 1. The Bertz CT molecular complexity index is 892. The molecule has 0 bridgehead atoms. The van der Waals surface area contributed by atoms with Crippen molar-refractivity contribution in [2.45, 2.75) is 37.7 Å². The molecule has 0 N–H and O–H groups in total. The van der Waals surface area contributed by atoms with E-state index in [0.717, 1.165) is 18.6 Å². The molecule has 1 aliphatic rings. The molecule has 0 aliphatic carbocycles. The first kappa shape index (κ1) is 20.2. The zero-order valence-electron chi connectivity index (χ0n) is 16.3. The van der Waals surface area contributed by atoms with E-state index in [1.807, 2.05) is 12.1 Å². The van der Waals surface area contributed by atoms with Crippen LogP contribution in [0.3, 0.4) is 0 Å². The first-order valence-electron chi connectivity index (χ1n) is 9.24. The van der Waals surface area contributed by atoms with Crippen molar-refractivity contribution in [3.63, 3.8) is 0 Å². The summed E-state index contributed by atoms with van der Waals surface area (Å²) in [5, 5.41) is 11.2. The molecule has 1 fully saturated rings. The quantitative estimate of drug-likeness (QED) is 0.416. The van der Waals surface area contributed by atoms with E-state index < -0.39 is 4.92 Å². The average molecular weight is 401 g/mol. The molecule has 0 atom stereocenters. The third kappa shape index (κ3) is 4.47. The van der Waals surface area contributed by atoms with Crippen molar-refractivity contribution in [1.82, 2.24) is 4.90 Å². The van der Waals surface area contributed by atoms with Crippen LogP contribution in [0.15, 0.2) is 41.3 Å². The first-order chi connectivity index (χ1) is 13.4. The molecule has 2 aromatic carbocycles. The van der Waals surface area contributed by atoms with Crippen molar-refractivity contribution in [1.29, 1.82) is 0 Å². The number of nitro benzene ring substituents is 1. The molecule has 0 unspecified atom stereocenters. The SMILES string of the molecule is CSc1ccc(C(=O)N2CCC(Oc3ccc(C)c(C)c3)CC2)cc1[N+](=O)[O-]. The number of ether oxygens (including phenoxy) is 1. The van der Waals surface area contributed by atoms with Crippen LogP contribution in [0.25, 0.3) is 0 Å². The van der Waals surface area contributed by atoms with Gasteiger partial charge < -0.3 is 9.64 Å². The summed E-state index contributed by atoms with van der Waals surface area (Å²) in [5.74, 6) is 0.691. The Morgan fingerprint density at radius 3 is 2.46 bits per heavy atom. The molecule has 1 heterocycles. The highest BCUT2D eigenvalue weighted by Crippen LogP contribution is 2.29. The number of hydrogen-bond donors (Lipinski definition) is 0. The largest absolute Gasteiger partial charge is 0.490 e. The summed E-state index contributed by atoms with van der Waals surface area (Å²) in [5.41, 5.74) is 2.76. The van der Waals surface area contributed by atoms with Gasteiger partial charge in [0.05, 0.1) is 9.82 Å². The second-order valence-electron chi connectivity index (χ2n) is 7.00. The lowest BCUT2D eigenvalue weighted by Crippen LogP contribution is -2.41. The summed E-state index contributed by atoms with van der Waals surface area (Å²) in [7, 11) is 0. The Morgan fingerprint density at radius 2 is 1.86 bits per heavy atom. The Kier molecular flexibility index (Phi) is 6.24. The zero-order valence-corrected chi connectivity index (χ0v) is 17.1. The van der Waals surface area contributed by atoms with Crippen LogP contribution in [-0.2, 0) is 0 Å². The van der Waals surface area contributed by atoms with E-state index in [9.17, 15) is 14.9 Å². The number of piperidine rings is 1. The predicted molar refractivity (Wildman–Crippen MR) is 110 cm³/mol. The molecule has 0 aromatic heterocycles. The summed E-state index contributed by atoms with van der Waals surface area (Å²) >= 11 is 1.30. The lowest BCUT2D eigenvalue weighted by atomic mass is 10.1. The number of likely N-dealkylation sites (tertiary alicyclic amines) is 1. The maximum atomic E-state index is 12.8. The first-order valence-corrected chi connectivity index (χ1v) is 10.5. The van der Waals surface area contributed by atoms with Crippen molar-refractivity contribution >= 4 is 23.4 Å². The molecule has 3 rings (SSSR count). The fourth-order valence-corrected chi connectivity index (χ4v) is 3.85. The number of amides is 1. The van der Waals surface area contributed by atoms with Gasteiger partial charge in [0, 0.05) is 37.6 Å². The standard InChI is InChI=1S/C21H24N2O4S/c1-14-4-6-18(12-15(14)2)27-17-8-10-22(11-9-17)21(24)16-5-7-20(28-3)19(13-16)23(25)26/h4-7,12-13,17H,8-11H2,1-3H3. The van der Waals surface area contributed by atoms with Gasteiger partial charge in [-0.05, 0) is 55.5 Å². The normalized spacial score (nSPS) is 14.8. The predicted octanol–water partition coefficient (Wildman–Crippen LogP) is 4.62. The summed E-state index contributed by atoms with van der Waals surface area (Å²) in [4.78, 5) is 25.9. The minimum atomic E-state index is -0.438. The maximum absolute atomic E-state index is 12.8. The zero-order chi connectivity index (χ0) is 20.3. The van der Waals surface area contributed by atoms with Crippen LogP contribution in [0, 0.1) is 24.0 Å². The molecule has 28 heavy (non-hydrogen) atoms. The van der Waals surface area contributed by atoms with Gasteiger partial charge in [0.1, 0.15) is 11.9 Å². The Morgan fingerprint density at radius 1 is 1.14 bits per heavy atom. The molecule has 1 saturated heterocycles. The van der Waals surface area contributed by atoms with Gasteiger partial charge in [0.25, 0.3) is 11.6 Å². The van der Waals surface area contributed by atoms with Crippen LogP contribution in [-0.4, -0.2) is 41.2 Å². The minimum absolute atomic E-state index is 0.0219. The van der Waals surface area contributed by atoms with Crippen molar-refractivity contribution in [3.8, 4) is 5.75 Å². The molecule has 0 saturated carbocycles. The molecule has 1 aliphatic heterocycles. The molecule has 0 spiro atoms. The van der Waals surface area contributed by atoms with E-state index in [1.165, 1.54) is 29.0 Å². The third-order valence-electron chi connectivity index (χ3n) is 5.13. The Labute approximate surface area is 169 Å². The van der Waals surface area contributed by atoms with Crippen molar-refractivity contribution in [2.75, 3.05) is 19.3 Å². The van der Waals surface area contributed by atoms with Gasteiger partial charge in [0.15, 0.2) is 0 Å². The van der Waals surface area contributed by atoms with Crippen molar-refractivity contribution in [3.05, 3.63) is 63.2 Å².